The van der Waals surface area contributed by atoms with Gasteiger partial charge in [0.2, 0.25) is 0 Å². The largest absolute Gasteiger partial charge is 0.492 e. The number of halogens is 1. The maximum Gasteiger partial charge on any atom is 0.137 e. The Hall–Kier alpha value is -1.30. The van der Waals surface area contributed by atoms with Crippen molar-refractivity contribution in [3.8, 4) is 5.75 Å². The molecule has 2 heterocycles. The summed E-state index contributed by atoms with van der Waals surface area (Å²) in [5.74, 6) is 1.93. The Balaban J connectivity index is 1.43. The number of fused-ring (bicyclic) bond motifs is 1. The van der Waals surface area contributed by atoms with Gasteiger partial charge < -0.3 is 4.74 Å². The van der Waals surface area contributed by atoms with E-state index in [-0.39, 0.29) is 5.41 Å². The molecular weight excluding hydrogens is 324 g/mol. The van der Waals surface area contributed by atoms with Gasteiger partial charge in [0.15, 0.2) is 0 Å². The molecule has 1 N–H and O–H groups in total. The molecule has 0 unspecified atom stereocenters. The molecular formula is C18H27ClN4O. The minimum absolute atomic E-state index is 0.0993. The van der Waals surface area contributed by atoms with E-state index in [1.54, 1.807) is 0 Å². The van der Waals surface area contributed by atoms with Gasteiger partial charge in [-0.3, -0.25) is 14.9 Å². The molecule has 6 heteroatoms. The zero-order valence-corrected chi connectivity index (χ0v) is 15.6. The second-order valence-corrected chi connectivity index (χ2v) is 7.82. The van der Waals surface area contributed by atoms with Gasteiger partial charge in [-0.25, -0.2) is 5.43 Å². The van der Waals surface area contributed by atoms with Crippen molar-refractivity contribution in [1.29, 1.82) is 0 Å². The molecule has 0 amide bonds. The monoisotopic (exact) mass is 350 g/mol. The molecule has 2 aliphatic rings. The van der Waals surface area contributed by atoms with E-state index in [1.165, 1.54) is 5.56 Å². The number of nitrogens with one attached hydrogen (secondary N) is 1. The van der Waals surface area contributed by atoms with Gasteiger partial charge in [-0.2, -0.15) is 0 Å². The van der Waals surface area contributed by atoms with Crippen LogP contribution in [0.5, 0.6) is 5.75 Å². The van der Waals surface area contributed by atoms with Crippen LogP contribution in [0.25, 0.3) is 0 Å². The molecule has 0 saturated carbocycles. The summed E-state index contributed by atoms with van der Waals surface area (Å²) < 4.78 is 5.87. The summed E-state index contributed by atoms with van der Waals surface area (Å²) >= 11 is 6.36. The van der Waals surface area contributed by atoms with Crippen molar-refractivity contribution in [3.63, 3.8) is 0 Å². The lowest BCUT2D eigenvalue weighted by Crippen LogP contribution is -2.52. The molecule has 0 aliphatic carbocycles. The molecule has 0 spiro atoms. The Kier molecular flexibility index (Phi) is 5.33. The molecule has 0 radical (unpaired) electrons. The second kappa shape index (κ2) is 7.30. The summed E-state index contributed by atoms with van der Waals surface area (Å²) in [4.78, 5) is 6.89. The third-order valence-corrected chi connectivity index (χ3v) is 4.81. The van der Waals surface area contributed by atoms with Gasteiger partial charge in [0.05, 0.1) is 18.2 Å². The third-order valence-electron chi connectivity index (χ3n) is 4.51. The van der Waals surface area contributed by atoms with Crippen LogP contribution in [-0.2, 0) is 5.41 Å². The van der Waals surface area contributed by atoms with E-state index in [2.05, 4.69) is 47.2 Å². The quantitative estimate of drug-likeness (QED) is 0.829. The Morgan fingerprint density at radius 1 is 1.29 bits per heavy atom. The van der Waals surface area contributed by atoms with E-state index >= 15 is 0 Å². The van der Waals surface area contributed by atoms with E-state index < -0.39 is 0 Å². The van der Waals surface area contributed by atoms with Crippen LogP contribution in [0.15, 0.2) is 23.2 Å². The molecule has 24 heavy (non-hydrogen) atoms. The third kappa shape index (κ3) is 4.21. The van der Waals surface area contributed by atoms with Crippen molar-refractivity contribution in [2.24, 2.45) is 4.99 Å². The molecule has 1 fully saturated rings. The Labute approximate surface area is 149 Å². The predicted octanol–water partition coefficient (Wildman–Crippen LogP) is 2.90. The highest BCUT2D eigenvalue weighted by Gasteiger charge is 2.24. The van der Waals surface area contributed by atoms with Gasteiger partial charge in [-0.15, -0.1) is 0 Å². The van der Waals surface area contributed by atoms with Gasteiger partial charge in [0, 0.05) is 19.6 Å². The molecule has 132 valence electrons. The number of piperazine rings is 1. The molecule has 0 atom stereocenters. The Morgan fingerprint density at radius 2 is 2.12 bits per heavy atom. The fourth-order valence-electron chi connectivity index (χ4n) is 3.00. The van der Waals surface area contributed by atoms with Crippen LogP contribution in [-0.4, -0.2) is 55.2 Å². The zero-order chi connectivity index (χ0) is 17.2. The number of benzene rings is 1. The smallest absolute Gasteiger partial charge is 0.137 e. The number of hydrazine groups is 1. The molecule has 1 aromatic rings. The van der Waals surface area contributed by atoms with Crippen molar-refractivity contribution < 1.29 is 4.74 Å². The van der Waals surface area contributed by atoms with Gasteiger partial charge in [-0.05, 0) is 29.5 Å². The fraction of sp³-hybridized carbons (Fsp3) is 0.611. The van der Waals surface area contributed by atoms with Crippen LogP contribution < -0.4 is 10.2 Å². The molecule has 1 aromatic carbocycles. The number of hydrogen-bond acceptors (Lipinski definition) is 5. The Morgan fingerprint density at radius 3 is 2.88 bits per heavy atom. The first-order valence-corrected chi connectivity index (χ1v) is 9.01. The molecule has 2 aliphatic heterocycles. The van der Waals surface area contributed by atoms with Gasteiger partial charge in [-0.1, -0.05) is 38.4 Å². The van der Waals surface area contributed by atoms with Crippen LogP contribution in [0.2, 0.25) is 5.02 Å². The standard InChI is InChI=1S/C18H27ClN4O/c1-18(2,3)14-5-6-16(15(19)11-14)24-10-4-7-22-8-9-23-17(12-22)20-13-21-23/h5-6,11,21H,4,7-10,12-13H2,1-3H3. The molecule has 1 saturated heterocycles. The lowest BCUT2D eigenvalue weighted by atomic mass is 9.87. The van der Waals surface area contributed by atoms with Crippen LogP contribution in [0.4, 0.5) is 0 Å². The lowest BCUT2D eigenvalue weighted by Gasteiger charge is -2.33. The second-order valence-electron chi connectivity index (χ2n) is 7.42. The number of rotatable bonds is 5. The highest BCUT2D eigenvalue weighted by Crippen LogP contribution is 2.31. The van der Waals surface area contributed by atoms with E-state index in [0.29, 0.717) is 11.6 Å². The average Bonchev–Trinajstić information content (AvgIpc) is 2.99. The normalized spacial score (nSPS) is 18.5. The summed E-state index contributed by atoms with van der Waals surface area (Å²) in [6.07, 6.45) is 0.984. The maximum atomic E-state index is 6.36. The van der Waals surface area contributed by atoms with Crippen molar-refractivity contribution in [3.05, 3.63) is 28.8 Å². The number of ether oxygens (including phenoxy) is 1. The van der Waals surface area contributed by atoms with Crippen LogP contribution >= 0.6 is 11.6 Å². The molecule has 0 aromatic heterocycles. The number of hydrogen-bond donors (Lipinski definition) is 1. The number of aliphatic imine (C=N–C) groups is 1. The zero-order valence-electron chi connectivity index (χ0n) is 14.8. The fourth-order valence-corrected chi connectivity index (χ4v) is 3.23. The summed E-state index contributed by atoms with van der Waals surface area (Å²) in [6, 6.07) is 6.10. The van der Waals surface area contributed by atoms with Crippen molar-refractivity contribution in [1.82, 2.24) is 15.3 Å². The van der Waals surface area contributed by atoms with E-state index in [1.807, 2.05) is 12.1 Å². The van der Waals surface area contributed by atoms with Crippen molar-refractivity contribution >= 4 is 17.4 Å². The Bertz CT molecular complexity index is 612. The maximum absolute atomic E-state index is 6.36. The topological polar surface area (TPSA) is 40.1 Å². The highest BCUT2D eigenvalue weighted by atomic mass is 35.5. The summed E-state index contributed by atoms with van der Waals surface area (Å²) in [5.41, 5.74) is 4.58. The van der Waals surface area contributed by atoms with E-state index in [0.717, 1.165) is 50.9 Å². The van der Waals surface area contributed by atoms with Crippen LogP contribution in [0.1, 0.15) is 32.8 Å². The minimum Gasteiger partial charge on any atom is -0.492 e. The number of nitrogens with zero attached hydrogens (tertiary/aromatic N) is 3. The molecule has 5 nitrogen and oxygen atoms in total. The van der Waals surface area contributed by atoms with Crippen LogP contribution in [0, 0.1) is 0 Å². The van der Waals surface area contributed by atoms with Crippen molar-refractivity contribution in [2.75, 3.05) is 39.5 Å². The van der Waals surface area contributed by atoms with E-state index in [9.17, 15) is 0 Å². The summed E-state index contributed by atoms with van der Waals surface area (Å²) in [7, 11) is 0. The lowest BCUT2D eigenvalue weighted by molar-refractivity contribution is 0.193. The molecule has 0 bridgehead atoms. The molecule has 3 rings (SSSR count). The predicted molar refractivity (Wildman–Crippen MR) is 98.8 cm³/mol. The average molecular weight is 351 g/mol. The van der Waals surface area contributed by atoms with Crippen molar-refractivity contribution in [2.45, 2.75) is 32.6 Å². The van der Waals surface area contributed by atoms with Gasteiger partial charge in [0.1, 0.15) is 18.3 Å². The first-order valence-electron chi connectivity index (χ1n) is 8.63. The first-order chi connectivity index (χ1) is 11.4. The minimum atomic E-state index is 0.0993. The van der Waals surface area contributed by atoms with Crippen LogP contribution in [0.3, 0.4) is 0 Å². The first kappa shape index (κ1) is 17.5. The summed E-state index contributed by atoms with van der Waals surface area (Å²) in [5, 5.41) is 2.85. The number of amidine groups is 1. The van der Waals surface area contributed by atoms with Gasteiger partial charge in [0.25, 0.3) is 0 Å². The SMILES string of the molecule is CC(C)(C)c1ccc(OCCCN2CCN3NCN=C3C2)c(Cl)c1. The highest BCUT2D eigenvalue weighted by molar-refractivity contribution is 6.32. The van der Waals surface area contributed by atoms with E-state index in [4.69, 9.17) is 16.3 Å². The van der Waals surface area contributed by atoms with Gasteiger partial charge >= 0.3 is 0 Å². The summed E-state index contributed by atoms with van der Waals surface area (Å²) in [6.45, 7) is 12.0.